The van der Waals surface area contributed by atoms with Crippen molar-refractivity contribution >= 4 is 11.6 Å². The van der Waals surface area contributed by atoms with E-state index in [1.54, 1.807) is 30.3 Å². The first-order chi connectivity index (χ1) is 12.1. The van der Waals surface area contributed by atoms with Gasteiger partial charge in [-0.3, -0.25) is 14.9 Å². The average Bonchev–Trinajstić information content (AvgIpc) is 3.13. The zero-order valence-corrected chi connectivity index (χ0v) is 13.7. The van der Waals surface area contributed by atoms with Crippen LogP contribution >= 0.6 is 0 Å². The lowest BCUT2D eigenvalue weighted by Gasteiger charge is -2.44. The largest absolute Gasteiger partial charge is 0.451 e. The number of hydrogen-bond acceptors (Lipinski definition) is 5. The third-order valence-electron chi connectivity index (χ3n) is 5.17. The van der Waals surface area contributed by atoms with Crippen molar-refractivity contribution in [3.63, 3.8) is 0 Å². The standard InChI is InChI=1S/C18H19N3O4/c22-18(19-14-11-20-9-7-12(14)8-10-20)17-6-5-16(25-17)13-3-1-2-4-15(13)21(23)24/h1-6,12,14H,7-11H2,(H,19,22)/t14-/m0/s1. The lowest BCUT2D eigenvalue weighted by molar-refractivity contribution is -0.384. The number of furan rings is 1. The number of benzene rings is 1. The van der Waals surface area contributed by atoms with Gasteiger partial charge in [-0.25, -0.2) is 0 Å². The average molecular weight is 341 g/mol. The van der Waals surface area contributed by atoms with E-state index < -0.39 is 4.92 Å². The molecule has 1 aromatic heterocycles. The van der Waals surface area contributed by atoms with E-state index in [0.717, 1.165) is 32.5 Å². The number of piperidine rings is 3. The Morgan fingerprint density at radius 1 is 1.20 bits per heavy atom. The van der Waals surface area contributed by atoms with Crippen LogP contribution in [-0.4, -0.2) is 41.4 Å². The summed E-state index contributed by atoms with van der Waals surface area (Å²) >= 11 is 0. The highest BCUT2D eigenvalue weighted by molar-refractivity contribution is 5.92. The van der Waals surface area contributed by atoms with E-state index in [4.69, 9.17) is 4.42 Å². The van der Waals surface area contributed by atoms with Crippen molar-refractivity contribution < 1.29 is 14.1 Å². The molecule has 0 saturated carbocycles. The van der Waals surface area contributed by atoms with Crippen LogP contribution in [0.15, 0.2) is 40.8 Å². The van der Waals surface area contributed by atoms with Gasteiger partial charge in [-0.05, 0) is 50.0 Å². The summed E-state index contributed by atoms with van der Waals surface area (Å²) in [6.45, 7) is 3.10. The number of carbonyl (C=O) groups is 1. The van der Waals surface area contributed by atoms with Gasteiger partial charge in [0, 0.05) is 18.7 Å². The van der Waals surface area contributed by atoms with Gasteiger partial charge in [-0.1, -0.05) is 12.1 Å². The lowest BCUT2D eigenvalue weighted by atomic mass is 9.84. The Bertz CT molecular complexity index is 808. The second-order valence-corrected chi connectivity index (χ2v) is 6.66. The minimum absolute atomic E-state index is 0.0406. The molecule has 7 heteroatoms. The number of nitro benzene ring substituents is 1. The van der Waals surface area contributed by atoms with Gasteiger partial charge in [0.25, 0.3) is 11.6 Å². The van der Waals surface area contributed by atoms with Crippen molar-refractivity contribution in [2.45, 2.75) is 18.9 Å². The molecule has 3 fully saturated rings. The molecule has 130 valence electrons. The molecule has 4 heterocycles. The summed E-state index contributed by atoms with van der Waals surface area (Å²) in [4.78, 5) is 25.6. The molecule has 0 aliphatic carbocycles. The van der Waals surface area contributed by atoms with Crippen LogP contribution in [0.25, 0.3) is 11.3 Å². The maximum atomic E-state index is 12.5. The van der Waals surface area contributed by atoms with Gasteiger partial charge in [0.15, 0.2) is 5.76 Å². The molecular weight excluding hydrogens is 322 g/mol. The number of nitro groups is 1. The summed E-state index contributed by atoms with van der Waals surface area (Å²) in [5.41, 5.74) is 0.329. The van der Waals surface area contributed by atoms with Crippen molar-refractivity contribution in [3.05, 3.63) is 52.3 Å². The molecule has 1 atom stereocenters. The van der Waals surface area contributed by atoms with Crippen LogP contribution in [0.3, 0.4) is 0 Å². The molecule has 1 amide bonds. The maximum absolute atomic E-state index is 12.5. The molecule has 0 radical (unpaired) electrons. The molecule has 25 heavy (non-hydrogen) atoms. The van der Waals surface area contributed by atoms with Crippen LogP contribution in [0.1, 0.15) is 23.4 Å². The first kappa shape index (κ1) is 15.8. The highest BCUT2D eigenvalue weighted by Crippen LogP contribution is 2.31. The highest BCUT2D eigenvalue weighted by Gasteiger charge is 2.35. The quantitative estimate of drug-likeness (QED) is 0.682. The van der Waals surface area contributed by atoms with Crippen molar-refractivity contribution in [2.24, 2.45) is 5.92 Å². The van der Waals surface area contributed by atoms with E-state index >= 15 is 0 Å². The Balaban J connectivity index is 1.51. The van der Waals surface area contributed by atoms with Crippen molar-refractivity contribution in [1.29, 1.82) is 0 Å². The van der Waals surface area contributed by atoms with Crippen LogP contribution in [0.5, 0.6) is 0 Å². The second-order valence-electron chi connectivity index (χ2n) is 6.66. The monoisotopic (exact) mass is 341 g/mol. The zero-order chi connectivity index (χ0) is 17.4. The summed E-state index contributed by atoms with van der Waals surface area (Å²) in [6, 6.07) is 9.67. The van der Waals surface area contributed by atoms with E-state index in [-0.39, 0.29) is 23.4 Å². The topological polar surface area (TPSA) is 88.6 Å². The molecule has 0 spiro atoms. The minimum atomic E-state index is -0.454. The van der Waals surface area contributed by atoms with E-state index in [2.05, 4.69) is 10.2 Å². The maximum Gasteiger partial charge on any atom is 0.287 e. The summed E-state index contributed by atoms with van der Waals surface area (Å²) in [7, 11) is 0. The molecule has 2 bridgehead atoms. The number of rotatable bonds is 4. The Labute approximate surface area is 144 Å². The summed E-state index contributed by atoms with van der Waals surface area (Å²) in [5.74, 6) is 0.776. The number of para-hydroxylation sites is 1. The fraction of sp³-hybridized carbons (Fsp3) is 0.389. The number of nitrogens with zero attached hydrogens (tertiary/aromatic N) is 2. The van der Waals surface area contributed by atoms with Gasteiger partial charge in [0.05, 0.1) is 10.5 Å². The lowest BCUT2D eigenvalue weighted by Crippen LogP contribution is -2.57. The first-order valence-electron chi connectivity index (χ1n) is 8.48. The summed E-state index contributed by atoms with van der Waals surface area (Å²) in [5, 5.41) is 14.2. The Kier molecular flexibility index (Phi) is 4.01. The number of amides is 1. The molecule has 1 N–H and O–H groups in total. The smallest absolute Gasteiger partial charge is 0.287 e. The summed E-state index contributed by atoms with van der Waals surface area (Å²) < 4.78 is 5.61. The second kappa shape index (κ2) is 6.33. The molecule has 5 rings (SSSR count). The van der Waals surface area contributed by atoms with E-state index in [1.807, 2.05) is 0 Å². The molecular formula is C18H19N3O4. The van der Waals surface area contributed by atoms with Crippen LogP contribution in [0.2, 0.25) is 0 Å². The normalized spacial score (nSPS) is 24.9. The molecule has 3 aliphatic heterocycles. The molecule has 3 saturated heterocycles. The Morgan fingerprint density at radius 2 is 1.96 bits per heavy atom. The highest BCUT2D eigenvalue weighted by atomic mass is 16.6. The molecule has 1 aromatic carbocycles. The molecule has 3 aliphatic rings. The van der Waals surface area contributed by atoms with Gasteiger partial charge in [0.1, 0.15) is 5.76 Å². The van der Waals surface area contributed by atoms with Crippen LogP contribution < -0.4 is 5.32 Å². The Morgan fingerprint density at radius 3 is 2.64 bits per heavy atom. The zero-order valence-electron chi connectivity index (χ0n) is 13.7. The van der Waals surface area contributed by atoms with Gasteiger partial charge >= 0.3 is 0 Å². The van der Waals surface area contributed by atoms with Gasteiger partial charge in [-0.15, -0.1) is 0 Å². The predicted molar refractivity (Wildman–Crippen MR) is 91.2 cm³/mol. The Hall–Kier alpha value is -2.67. The van der Waals surface area contributed by atoms with Crippen molar-refractivity contribution in [1.82, 2.24) is 10.2 Å². The number of nitrogens with one attached hydrogen (secondary N) is 1. The van der Waals surface area contributed by atoms with Crippen LogP contribution in [-0.2, 0) is 0 Å². The molecule has 0 unspecified atom stereocenters. The van der Waals surface area contributed by atoms with Gasteiger partial charge in [-0.2, -0.15) is 0 Å². The molecule has 2 aromatic rings. The first-order valence-corrected chi connectivity index (χ1v) is 8.48. The van der Waals surface area contributed by atoms with Crippen molar-refractivity contribution in [3.8, 4) is 11.3 Å². The SMILES string of the molecule is O=C(N[C@H]1CN2CCC1CC2)c1ccc(-c2ccccc2[N+](=O)[O-])o1. The van der Waals surface area contributed by atoms with Crippen molar-refractivity contribution in [2.75, 3.05) is 19.6 Å². The van der Waals surface area contributed by atoms with E-state index in [0.29, 0.717) is 17.2 Å². The van der Waals surface area contributed by atoms with Crippen LogP contribution in [0.4, 0.5) is 5.69 Å². The van der Waals surface area contributed by atoms with Crippen LogP contribution in [0, 0.1) is 16.0 Å². The van der Waals surface area contributed by atoms with Gasteiger partial charge < -0.3 is 14.6 Å². The van der Waals surface area contributed by atoms with E-state index in [1.165, 1.54) is 6.07 Å². The molecule has 7 nitrogen and oxygen atoms in total. The summed E-state index contributed by atoms with van der Waals surface area (Å²) in [6.07, 6.45) is 2.23. The number of carbonyl (C=O) groups excluding carboxylic acids is 1. The third kappa shape index (κ3) is 3.02. The predicted octanol–water partition coefficient (Wildman–Crippen LogP) is 2.68. The van der Waals surface area contributed by atoms with E-state index in [9.17, 15) is 14.9 Å². The number of hydrogen-bond donors (Lipinski definition) is 1. The van der Waals surface area contributed by atoms with Gasteiger partial charge in [0.2, 0.25) is 0 Å². The fourth-order valence-electron chi connectivity index (χ4n) is 3.81. The minimum Gasteiger partial charge on any atom is -0.451 e. The third-order valence-corrected chi connectivity index (χ3v) is 5.17. The number of fused-ring (bicyclic) bond motifs is 3. The fourth-order valence-corrected chi connectivity index (χ4v) is 3.81.